The SMILES string of the molecule is CCCC(CCC)C(=O)NCc1ccc(C(O)c2cccs2)s1. The second-order valence-electron chi connectivity index (χ2n) is 5.71. The molecule has 1 amide bonds. The van der Waals surface area contributed by atoms with Crippen molar-refractivity contribution in [2.45, 2.75) is 52.2 Å². The highest BCUT2D eigenvalue weighted by molar-refractivity contribution is 7.12. The fourth-order valence-electron chi connectivity index (χ4n) is 2.65. The molecular weight excluding hydrogens is 326 g/mol. The van der Waals surface area contributed by atoms with Crippen molar-refractivity contribution >= 4 is 28.6 Å². The number of thiophene rings is 2. The minimum absolute atomic E-state index is 0.126. The molecule has 0 aliphatic carbocycles. The first-order chi connectivity index (χ1) is 11.2. The molecule has 2 aromatic heterocycles. The first-order valence-corrected chi connectivity index (χ1v) is 9.93. The van der Waals surface area contributed by atoms with E-state index in [-0.39, 0.29) is 11.8 Å². The van der Waals surface area contributed by atoms with E-state index in [1.807, 2.05) is 29.6 Å². The van der Waals surface area contributed by atoms with E-state index in [1.165, 1.54) is 0 Å². The molecule has 1 atom stereocenters. The van der Waals surface area contributed by atoms with E-state index in [2.05, 4.69) is 19.2 Å². The largest absolute Gasteiger partial charge is 0.382 e. The van der Waals surface area contributed by atoms with Gasteiger partial charge in [0, 0.05) is 20.5 Å². The summed E-state index contributed by atoms with van der Waals surface area (Å²) in [6.07, 6.45) is 3.42. The summed E-state index contributed by atoms with van der Waals surface area (Å²) in [5, 5.41) is 15.3. The normalized spacial score (nSPS) is 12.5. The molecule has 0 saturated heterocycles. The van der Waals surface area contributed by atoms with Gasteiger partial charge in [0.15, 0.2) is 0 Å². The quantitative estimate of drug-likeness (QED) is 0.686. The van der Waals surface area contributed by atoms with E-state index in [0.717, 1.165) is 40.3 Å². The van der Waals surface area contributed by atoms with E-state index < -0.39 is 6.10 Å². The predicted octanol–water partition coefficient (Wildman–Crippen LogP) is 4.72. The summed E-state index contributed by atoms with van der Waals surface area (Å²) in [7, 11) is 0. The molecule has 0 saturated carbocycles. The molecule has 0 bridgehead atoms. The highest BCUT2D eigenvalue weighted by Gasteiger charge is 2.17. The first kappa shape index (κ1) is 18.2. The zero-order valence-corrected chi connectivity index (χ0v) is 15.4. The van der Waals surface area contributed by atoms with Gasteiger partial charge >= 0.3 is 0 Å². The standard InChI is InChI=1S/C18H25NO2S2/c1-3-6-13(7-4-2)18(21)19-12-14-9-10-16(23-14)17(20)15-8-5-11-22-15/h5,8-11,13,17,20H,3-4,6-7,12H2,1-2H3,(H,19,21). The van der Waals surface area contributed by atoms with Crippen molar-refractivity contribution in [3.8, 4) is 0 Å². The molecule has 0 spiro atoms. The molecule has 3 nitrogen and oxygen atoms in total. The zero-order chi connectivity index (χ0) is 16.7. The van der Waals surface area contributed by atoms with E-state index in [9.17, 15) is 9.90 Å². The van der Waals surface area contributed by atoms with Crippen molar-refractivity contribution in [2.24, 2.45) is 5.92 Å². The minimum Gasteiger partial charge on any atom is -0.382 e. The molecule has 5 heteroatoms. The molecule has 2 N–H and O–H groups in total. The molecule has 23 heavy (non-hydrogen) atoms. The number of rotatable bonds is 9. The van der Waals surface area contributed by atoms with Crippen LogP contribution in [0.1, 0.15) is 60.3 Å². The topological polar surface area (TPSA) is 49.3 Å². The Morgan fingerprint density at radius 1 is 1.17 bits per heavy atom. The van der Waals surface area contributed by atoms with Crippen LogP contribution in [-0.4, -0.2) is 11.0 Å². The van der Waals surface area contributed by atoms with Gasteiger partial charge in [0.25, 0.3) is 0 Å². The third-order valence-corrected chi connectivity index (χ3v) is 5.91. The van der Waals surface area contributed by atoms with Crippen LogP contribution in [-0.2, 0) is 11.3 Å². The Balaban J connectivity index is 1.90. The van der Waals surface area contributed by atoms with E-state index in [0.29, 0.717) is 6.54 Å². The van der Waals surface area contributed by atoms with Crippen LogP contribution in [0.3, 0.4) is 0 Å². The van der Waals surface area contributed by atoms with Crippen molar-refractivity contribution in [1.82, 2.24) is 5.32 Å². The number of amides is 1. The maximum Gasteiger partial charge on any atom is 0.223 e. The molecule has 0 radical (unpaired) electrons. The number of carbonyl (C=O) groups excluding carboxylic acids is 1. The van der Waals surface area contributed by atoms with Crippen LogP contribution in [0, 0.1) is 5.92 Å². The Labute approximate surface area is 146 Å². The minimum atomic E-state index is -0.558. The van der Waals surface area contributed by atoms with Crippen LogP contribution in [0.2, 0.25) is 0 Å². The lowest BCUT2D eigenvalue weighted by molar-refractivity contribution is -0.125. The molecule has 0 aliphatic rings. The fourth-order valence-corrected chi connectivity index (χ4v) is 4.41. The van der Waals surface area contributed by atoms with E-state index in [1.54, 1.807) is 22.7 Å². The Morgan fingerprint density at radius 2 is 1.91 bits per heavy atom. The third-order valence-electron chi connectivity index (χ3n) is 3.85. The van der Waals surface area contributed by atoms with Gasteiger partial charge in [-0.05, 0) is 36.4 Å². The van der Waals surface area contributed by atoms with Crippen LogP contribution >= 0.6 is 22.7 Å². The van der Waals surface area contributed by atoms with Crippen LogP contribution < -0.4 is 5.32 Å². The van der Waals surface area contributed by atoms with Crippen molar-refractivity contribution in [2.75, 3.05) is 0 Å². The van der Waals surface area contributed by atoms with Crippen molar-refractivity contribution in [3.63, 3.8) is 0 Å². The highest BCUT2D eigenvalue weighted by Crippen LogP contribution is 2.30. The molecule has 0 aliphatic heterocycles. The molecule has 126 valence electrons. The predicted molar refractivity (Wildman–Crippen MR) is 97.9 cm³/mol. The number of hydrogen-bond acceptors (Lipinski definition) is 4. The summed E-state index contributed by atoms with van der Waals surface area (Å²) in [6, 6.07) is 7.83. The van der Waals surface area contributed by atoms with Gasteiger partial charge in [-0.1, -0.05) is 32.8 Å². The lowest BCUT2D eigenvalue weighted by atomic mass is 9.97. The average molecular weight is 352 g/mol. The fraction of sp³-hybridized carbons (Fsp3) is 0.500. The van der Waals surface area contributed by atoms with Gasteiger partial charge in [0.05, 0.1) is 6.54 Å². The van der Waals surface area contributed by atoms with Gasteiger partial charge in [-0.3, -0.25) is 4.79 Å². The van der Waals surface area contributed by atoms with Gasteiger partial charge in [0.1, 0.15) is 6.10 Å². The Hall–Kier alpha value is -1.17. The third kappa shape index (κ3) is 5.16. The number of aliphatic hydroxyl groups is 1. The molecule has 0 aromatic carbocycles. The van der Waals surface area contributed by atoms with Gasteiger partial charge in [0.2, 0.25) is 5.91 Å². The second kappa shape index (κ2) is 9.21. The van der Waals surface area contributed by atoms with Crippen LogP contribution in [0.5, 0.6) is 0 Å². The molecule has 2 heterocycles. The molecular formula is C18H25NO2S2. The molecule has 2 aromatic rings. The van der Waals surface area contributed by atoms with Gasteiger partial charge in [-0.2, -0.15) is 0 Å². The van der Waals surface area contributed by atoms with Crippen LogP contribution in [0.4, 0.5) is 0 Å². The van der Waals surface area contributed by atoms with E-state index in [4.69, 9.17) is 0 Å². The smallest absolute Gasteiger partial charge is 0.223 e. The van der Waals surface area contributed by atoms with E-state index >= 15 is 0 Å². The second-order valence-corrected chi connectivity index (χ2v) is 7.89. The van der Waals surface area contributed by atoms with Crippen LogP contribution in [0.15, 0.2) is 29.6 Å². The lowest BCUT2D eigenvalue weighted by Crippen LogP contribution is -2.30. The summed E-state index contributed by atoms with van der Waals surface area (Å²) < 4.78 is 0. The summed E-state index contributed by atoms with van der Waals surface area (Å²) in [4.78, 5) is 15.2. The maximum absolute atomic E-state index is 12.3. The number of nitrogens with one attached hydrogen (secondary N) is 1. The lowest BCUT2D eigenvalue weighted by Gasteiger charge is -2.14. The van der Waals surface area contributed by atoms with Gasteiger partial charge < -0.3 is 10.4 Å². The van der Waals surface area contributed by atoms with Crippen molar-refractivity contribution < 1.29 is 9.90 Å². The summed E-state index contributed by atoms with van der Waals surface area (Å²) in [6.45, 7) is 4.78. The molecule has 2 rings (SSSR count). The van der Waals surface area contributed by atoms with Crippen molar-refractivity contribution in [3.05, 3.63) is 44.3 Å². The summed E-state index contributed by atoms with van der Waals surface area (Å²) in [5.41, 5.74) is 0. The Bertz CT molecular complexity index is 586. The number of aliphatic hydroxyl groups excluding tert-OH is 1. The number of hydrogen-bond donors (Lipinski definition) is 2. The summed E-state index contributed by atoms with van der Waals surface area (Å²) in [5.74, 6) is 0.281. The van der Waals surface area contributed by atoms with Crippen LogP contribution in [0.25, 0.3) is 0 Å². The monoisotopic (exact) mass is 351 g/mol. The maximum atomic E-state index is 12.3. The average Bonchev–Trinajstić information content (AvgIpc) is 3.23. The first-order valence-electron chi connectivity index (χ1n) is 8.23. The van der Waals surface area contributed by atoms with Gasteiger partial charge in [-0.25, -0.2) is 0 Å². The van der Waals surface area contributed by atoms with Crippen molar-refractivity contribution in [1.29, 1.82) is 0 Å². The molecule has 1 unspecified atom stereocenters. The Kier molecular flexibility index (Phi) is 7.27. The number of carbonyl (C=O) groups is 1. The zero-order valence-electron chi connectivity index (χ0n) is 13.7. The highest BCUT2D eigenvalue weighted by atomic mass is 32.1. The van der Waals surface area contributed by atoms with Gasteiger partial charge in [-0.15, -0.1) is 22.7 Å². The molecule has 0 fully saturated rings. The Morgan fingerprint density at radius 3 is 2.52 bits per heavy atom. The summed E-state index contributed by atoms with van der Waals surface area (Å²) >= 11 is 3.12.